The minimum Gasteiger partial charge on any atom is -0.507 e. The molecular formula is C23H24BN2O6+. The summed E-state index contributed by atoms with van der Waals surface area (Å²) in [7, 11) is -1.89. The molecule has 2 aromatic carbocycles. The molecule has 1 aromatic heterocycles. The van der Waals surface area contributed by atoms with Crippen molar-refractivity contribution in [2.45, 2.75) is 25.3 Å². The predicted octanol–water partition coefficient (Wildman–Crippen LogP) is 0.708. The van der Waals surface area contributed by atoms with Crippen molar-refractivity contribution in [3.8, 4) is 5.75 Å². The maximum atomic E-state index is 12.5. The Bertz CT molecular complexity index is 1070. The van der Waals surface area contributed by atoms with Gasteiger partial charge in [-0.2, -0.15) is 0 Å². The van der Waals surface area contributed by atoms with Crippen molar-refractivity contribution in [2.75, 3.05) is 0 Å². The molecule has 1 amide bonds. The van der Waals surface area contributed by atoms with Crippen molar-refractivity contribution >= 4 is 19.0 Å². The van der Waals surface area contributed by atoms with Crippen molar-refractivity contribution in [1.82, 2.24) is 5.32 Å². The number of nitrogens with one attached hydrogen (secondary N) is 1. The molecule has 0 spiro atoms. The molecule has 0 aliphatic heterocycles. The lowest BCUT2D eigenvalue weighted by atomic mass is 9.75. The van der Waals surface area contributed by atoms with E-state index < -0.39 is 30.7 Å². The van der Waals surface area contributed by atoms with Crippen LogP contribution in [0.15, 0.2) is 73.1 Å². The van der Waals surface area contributed by atoms with Gasteiger partial charge in [-0.25, -0.2) is 9.36 Å². The standard InChI is InChI=1S/C23H23BN2O6/c27-21(13-16-7-9-17(10-8-16)15-26-11-2-1-3-12-26)25-20(24(31)32)14-18-5-4-6-19(22(18)28)23(29)30/h1-12,20,31-32H,13-15H2,(H2-,25,27,28,29,30)/p+1/t20-/m0/s1. The van der Waals surface area contributed by atoms with Gasteiger partial charge in [-0.3, -0.25) is 4.79 Å². The van der Waals surface area contributed by atoms with Gasteiger partial charge < -0.3 is 25.6 Å². The number of para-hydroxylation sites is 1. The summed E-state index contributed by atoms with van der Waals surface area (Å²) in [6, 6.07) is 17.5. The first-order valence-corrected chi connectivity index (χ1v) is 10.0. The molecule has 1 heterocycles. The van der Waals surface area contributed by atoms with Crippen LogP contribution in [0, 0.1) is 0 Å². The highest BCUT2D eigenvalue weighted by Crippen LogP contribution is 2.24. The SMILES string of the molecule is O=C(Cc1ccc(C[n+]2ccccc2)cc1)N[C@@H](Cc1cccc(C(=O)O)c1O)B(O)O. The number of pyridine rings is 1. The summed E-state index contributed by atoms with van der Waals surface area (Å²) in [5.41, 5.74) is 1.72. The van der Waals surface area contributed by atoms with Crippen LogP contribution in [-0.4, -0.2) is 45.2 Å². The number of aromatic nitrogens is 1. The van der Waals surface area contributed by atoms with Crippen molar-refractivity contribution in [3.63, 3.8) is 0 Å². The minimum absolute atomic E-state index is 0.0309. The summed E-state index contributed by atoms with van der Waals surface area (Å²) >= 11 is 0. The molecule has 0 fully saturated rings. The number of aromatic carboxylic acids is 1. The van der Waals surface area contributed by atoms with E-state index in [1.54, 1.807) is 0 Å². The largest absolute Gasteiger partial charge is 0.507 e. The first-order chi connectivity index (χ1) is 15.3. The van der Waals surface area contributed by atoms with Gasteiger partial charge in [-0.15, -0.1) is 0 Å². The smallest absolute Gasteiger partial charge is 0.475 e. The maximum absolute atomic E-state index is 12.5. The maximum Gasteiger partial charge on any atom is 0.475 e. The number of nitrogens with zero attached hydrogens (tertiary/aromatic N) is 1. The molecule has 0 aliphatic rings. The molecule has 3 rings (SSSR count). The van der Waals surface area contributed by atoms with Crippen LogP contribution in [0.5, 0.6) is 5.75 Å². The molecule has 1 atom stereocenters. The van der Waals surface area contributed by atoms with E-state index in [2.05, 4.69) is 5.32 Å². The number of benzene rings is 2. The van der Waals surface area contributed by atoms with Crippen molar-refractivity contribution < 1.29 is 34.4 Å². The number of amides is 1. The van der Waals surface area contributed by atoms with Gasteiger partial charge in [0.15, 0.2) is 18.9 Å². The van der Waals surface area contributed by atoms with Crippen LogP contribution >= 0.6 is 0 Å². The van der Waals surface area contributed by atoms with E-state index in [0.29, 0.717) is 6.54 Å². The Morgan fingerprint density at radius 1 is 0.938 bits per heavy atom. The average Bonchev–Trinajstić information content (AvgIpc) is 2.76. The number of aromatic hydroxyl groups is 1. The van der Waals surface area contributed by atoms with Crippen LogP contribution in [0.1, 0.15) is 27.0 Å². The summed E-state index contributed by atoms with van der Waals surface area (Å²) in [5.74, 6) is -3.32. The van der Waals surface area contributed by atoms with Crippen LogP contribution in [0.3, 0.4) is 0 Å². The third-order valence-corrected chi connectivity index (χ3v) is 5.03. The van der Waals surface area contributed by atoms with Gasteiger partial charge in [0.25, 0.3) is 0 Å². The van der Waals surface area contributed by atoms with Gasteiger partial charge in [0.2, 0.25) is 5.91 Å². The molecule has 0 unspecified atom stereocenters. The second-order valence-electron chi connectivity index (χ2n) is 7.45. The van der Waals surface area contributed by atoms with Gasteiger partial charge in [-0.05, 0) is 23.6 Å². The monoisotopic (exact) mass is 435 g/mol. The van der Waals surface area contributed by atoms with E-state index >= 15 is 0 Å². The second-order valence-corrected chi connectivity index (χ2v) is 7.45. The first-order valence-electron chi connectivity index (χ1n) is 10.0. The zero-order valence-electron chi connectivity index (χ0n) is 17.3. The molecule has 164 valence electrons. The van der Waals surface area contributed by atoms with Crippen LogP contribution < -0.4 is 9.88 Å². The van der Waals surface area contributed by atoms with Crippen molar-refractivity contribution in [3.05, 3.63) is 95.3 Å². The molecule has 0 radical (unpaired) electrons. The van der Waals surface area contributed by atoms with Gasteiger partial charge in [-0.1, -0.05) is 42.5 Å². The molecule has 9 heteroatoms. The lowest BCUT2D eigenvalue weighted by Crippen LogP contribution is -2.48. The first kappa shape index (κ1) is 23.0. The van der Waals surface area contributed by atoms with Gasteiger partial charge in [0.05, 0.1) is 12.4 Å². The van der Waals surface area contributed by atoms with E-state index in [-0.39, 0.29) is 24.0 Å². The fourth-order valence-electron chi connectivity index (χ4n) is 3.35. The minimum atomic E-state index is -1.89. The number of carbonyl (C=O) groups excluding carboxylic acids is 1. The zero-order chi connectivity index (χ0) is 23.1. The number of carboxylic acid groups (broad SMARTS) is 1. The lowest BCUT2D eigenvalue weighted by Gasteiger charge is -2.19. The Labute approximate surface area is 185 Å². The number of hydrogen-bond acceptors (Lipinski definition) is 5. The highest BCUT2D eigenvalue weighted by molar-refractivity contribution is 6.43. The summed E-state index contributed by atoms with van der Waals surface area (Å²) in [5, 5.41) is 41.1. The molecule has 0 aliphatic carbocycles. The molecule has 3 aromatic rings. The molecule has 0 saturated carbocycles. The highest BCUT2D eigenvalue weighted by atomic mass is 16.4. The van der Waals surface area contributed by atoms with E-state index in [0.717, 1.165) is 11.1 Å². The number of carbonyl (C=O) groups is 2. The van der Waals surface area contributed by atoms with Crippen LogP contribution in [0.2, 0.25) is 0 Å². The lowest BCUT2D eigenvalue weighted by molar-refractivity contribution is -0.688. The Balaban J connectivity index is 1.62. The van der Waals surface area contributed by atoms with E-state index in [9.17, 15) is 24.7 Å². The quantitative estimate of drug-likeness (QED) is 0.249. The third kappa shape index (κ3) is 6.16. The van der Waals surface area contributed by atoms with Gasteiger partial charge in [0.1, 0.15) is 11.3 Å². The predicted molar refractivity (Wildman–Crippen MR) is 117 cm³/mol. The Kier molecular flexibility index (Phi) is 7.59. The molecule has 0 saturated heterocycles. The van der Waals surface area contributed by atoms with Crippen LogP contribution in [0.4, 0.5) is 0 Å². The summed E-state index contributed by atoms with van der Waals surface area (Å²) in [6.45, 7) is 0.699. The third-order valence-electron chi connectivity index (χ3n) is 5.03. The molecule has 5 N–H and O–H groups in total. The zero-order valence-corrected chi connectivity index (χ0v) is 17.3. The normalized spacial score (nSPS) is 11.6. The molecular weight excluding hydrogens is 411 g/mol. The summed E-state index contributed by atoms with van der Waals surface area (Å²) in [4.78, 5) is 23.6. The number of phenols is 1. The van der Waals surface area contributed by atoms with Crippen LogP contribution in [-0.2, 0) is 24.2 Å². The van der Waals surface area contributed by atoms with Crippen molar-refractivity contribution in [2.24, 2.45) is 0 Å². The van der Waals surface area contributed by atoms with Crippen molar-refractivity contribution in [1.29, 1.82) is 0 Å². The Morgan fingerprint density at radius 3 is 2.22 bits per heavy atom. The average molecular weight is 435 g/mol. The van der Waals surface area contributed by atoms with E-state index in [4.69, 9.17) is 5.11 Å². The molecule has 0 bridgehead atoms. The van der Waals surface area contributed by atoms with Gasteiger partial charge in [0, 0.05) is 17.7 Å². The molecule has 8 nitrogen and oxygen atoms in total. The fraction of sp³-hybridized carbons (Fsp3) is 0.174. The van der Waals surface area contributed by atoms with E-state index in [1.807, 2.05) is 59.4 Å². The number of hydrogen-bond donors (Lipinski definition) is 5. The Morgan fingerprint density at radius 2 is 1.59 bits per heavy atom. The number of carboxylic acids is 1. The molecule has 32 heavy (non-hydrogen) atoms. The van der Waals surface area contributed by atoms with E-state index in [1.165, 1.54) is 18.2 Å². The fourth-order valence-corrected chi connectivity index (χ4v) is 3.35. The summed E-state index contributed by atoms with van der Waals surface area (Å²) < 4.78 is 2.03. The van der Waals surface area contributed by atoms with Crippen LogP contribution in [0.25, 0.3) is 0 Å². The highest BCUT2D eigenvalue weighted by Gasteiger charge is 2.27. The number of rotatable bonds is 9. The Hall–Kier alpha value is -3.69. The van der Waals surface area contributed by atoms with Gasteiger partial charge >= 0.3 is 13.1 Å². The topological polar surface area (TPSA) is 131 Å². The second kappa shape index (κ2) is 10.6. The summed E-state index contributed by atoms with van der Waals surface area (Å²) in [6.07, 6.45) is 3.81.